The molecule has 110 valence electrons. The minimum Gasteiger partial charge on any atom is -0.469 e. The van der Waals surface area contributed by atoms with Crippen LogP contribution in [-0.4, -0.2) is 25.2 Å². The number of anilines is 1. The number of esters is 1. The maximum absolute atomic E-state index is 12.9. The van der Waals surface area contributed by atoms with Crippen molar-refractivity contribution in [3.8, 4) is 0 Å². The normalized spacial score (nSPS) is 11.7. The van der Waals surface area contributed by atoms with Gasteiger partial charge in [0.25, 0.3) is 0 Å². The van der Waals surface area contributed by atoms with Crippen LogP contribution in [0.5, 0.6) is 0 Å². The summed E-state index contributed by atoms with van der Waals surface area (Å²) in [6, 6.07) is -0.0456. The second-order valence-electron chi connectivity index (χ2n) is 4.03. The lowest BCUT2D eigenvalue weighted by molar-refractivity contribution is -0.141. The van der Waals surface area contributed by atoms with Crippen molar-refractivity contribution in [2.24, 2.45) is 0 Å². The fraction of sp³-hybridized carbons (Fsp3) is 0.333. The molecule has 0 aliphatic heterocycles. The summed E-state index contributed by atoms with van der Waals surface area (Å²) in [6.07, 6.45) is -0.0595. The summed E-state index contributed by atoms with van der Waals surface area (Å²) in [4.78, 5) is 22.4. The first kappa shape index (κ1) is 15.8. The Labute approximate surface area is 113 Å². The van der Waals surface area contributed by atoms with Gasteiger partial charge in [-0.2, -0.15) is 0 Å². The first-order valence-corrected chi connectivity index (χ1v) is 5.62. The summed E-state index contributed by atoms with van der Waals surface area (Å²) in [5.41, 5.74) is -0.246. The smallest absolute Gasteiger partial charge is 0.319 e. The van der Waals surface area contributed by atoms with Gasteiger partial charge in [0.2, 0.25) is 0 Å². The third kappa shape index (κ3) is 4.45. The van der Waals surface area contributed by atoms with E-state index < -0.39 is 35.5 Å². The van der Waals surface area contributed by atoms with E-state index in [1.807, 2.05) is 0 Å². The number of rotatable bonds is 4. The summed E-state index contributed by atoms with van der Waals surface area (Å²) in [5, 5.41) is 4.48. The van der Waals surface area contributed by atoms with Crippen molar-refractivity contribution < 1.29 is 27.5 Å². The third-order valence-electron chi connectivity index (χ3n) is 2.32. The second kappa shape index (κ2) is 6.78. The number of hydrogen-bond acceptors (Lipinski definition) is 3. The number of methoxy groups -OCH3 is 1. The van der Waals surface area contributed by atoms with Crippen molar-refractivity contribution in [1.29, 1.82) is 0 Å². The Kier molecular flexibility index (Phi) is 5.36. The molecule has 0 aliphatic carbocycles. The number of ether oxygens (including phenoxy) is 1. The largest absolute Gasteiger partial charge is 0.469 e. The van der Waals surface area contributed by atoms with Gasteiger partial charge in [-0.15, -0.1) is 0 Å². The van der Waals surface area contributed by atoms with E-state index in [4.69, 9.17) is 0 Å². The minimum absolute atomic E-state index is 0.0595. The van der Waals surface area contributed by atoms with Crippen molar-refractivity contribution in [2.45, 2.75) is 19.4 Å². The Bertz CT molecular complexity index is 500. The van der Waals surface area contributed by atoms with E-state index in [9.17, 15) is 22.8 Å². The Balaban J connectivity index is 2.61. The fourth-order valence-electron chi connectivity index (χ4n) is 1.40. The van der Waals surface area contributed by atoms with Crippen LogP contribution in [0.4, 0.5) is 23.7 Å². The second-order valence-corrected chi connectivity index (χ2v) is 4.03. The number of amides is 2. The van der Waals surface area contributed by atoms with Crippen molar-refractivity contribution in [1.82, 2.24) is 5.32 Å². The number of urea groups is 1. The first-order chi connectivity index (χ1) is 9.33. The Morgan fingerprint density at radius 3 is 2.30 bits per heavy atom. The molecule has 0 fully saturated rings. The maximum atomic E-state index is 12.9. The van der Waals surface area contributed by atoms with Gasteiger partial charge in [-0.25, -0.2) is 18.0 Å². The predicted octanol–water partition coefficient (Wildman–Crippen LogP) is 2.18. The van der Waals surface area contributed by atoms with Crippen molar-refractivity contribution in [3.63, 3.8) is 0 Å². The van der Waals surface area contributed by atoms with Crippen LogP contribution in [0.1, 0.15) is 13.3 Å². The molecule has 2 N–H and O–H groups in total. The molecule has 1 aromatic rings. The summed E-state index contributed by atoms with van der Waals surface area (Å²) in [6.45, 7) is 1.54. The molecule has 0 bridgehead atoms. The van der Waals surface area contributed by atoms with Gasteiger partial charge in [0.15, 0.2) is 17.5 Å². The van der Waals surface area contributed by atoms with Crippen LogP contribution in [0.3, 0.4) is 0 Å². The minimum atomic E-state index is -1.62. The van der Waals surface area contributed by atoms with Crippen molar-refractivity contribution in [3.05, 3.63) is 29.6 Å². The Hall–Kier alpha value is -2.25. The molecule has 0 heterocycles. The molecule has 1 aromatic carbocycles. The number of nitrogens with one attached hydrogen (secondary N) is 2. The zero-order valence-corrected chi connectivity index (χ0v) is 10.8. The standard InChI is InChI=1S/C12H13F3N2O3/c1-6(3-10(18)20-2)16-12(19)17-7-4-8(13)11(15)9(14)5-7/h4-6H,3H2,1-2H3,(H2,16,17,19). The predicted molar refractivity (Wildman–Crippen MR) is 64.6 cm³/mol. The number of halogens is 3. The lowest BCUT2D eigenvalue weighted by Gasteiger charge is -2.13. The Morgan fingerprint density at radius 2 is 1.80 bits per heavy atom. The topological polar surface area (TPSA) is 67.4 Å². The zero-order chi connectivity index (χ0) is 15.3. The van der Waals surface area contributed by atoms with Gasteiger partial charge < -0.3 is 15.4 Å². The van der Waals surface area contributed by atoms with Gasteiger partial charge in [0.1, 0.15) is 0 Å². The molecule has 5 nitrogen and oxygen atoms in total. The van der Waals surface area contributed by atoms with E-state index >= 15 is 0 Å². The number of hydrogen-bond donors (Lipinski definition) is 2. The molecular formula is C12H13F3N2O3. The first-order valence-electron chi connectivity index (χ1n) is 5.62. The zero-order valence-electron chi connectivity index (χ0n) is 10.8. The molecule has 0 saturated carbocycles. The monoisotopic (exact) mass is 290 g/mol. The fourth-order valence-corrected chi connectivity index (χ4v) is 1.40. The van der Waals surface area contributed by atoms with E-state index in [1.54, 1.807) is 6.92 Å². The van der Waals surface area contributed by atoms with E-state index in [2.05, 4.69) is 15.4 Å². The highest BCUT2D eigenvalue weighted by atomic mass is 19.2. The number of carbonyl (C=O) groups excluding carboxylic acids is 2. The highest BCUT2D eigenvalue weighted by Crippen LogP contribution is 2.17. The summed E-state index contributed by atoms with van der Waals surface area (Å²) >= 11 is 0. The lowest BCUT2D eigenvalue weighted by atomic mass is 10.2. The van der Waals surface area contributed by atoms with E-state index in [1.165, 1.54) is 7.11 Å². The van der Waals surface area contributed by atoms with Crippen LogP contribution >= 0.6 is 0 Å². The number of benzene rings is 1. The van der Waals surface area contributed by atoms with Crippen LogP contribution in [0, 0.1) is 17.5 Å². The lowest BCUT2D eigenvalue weighted by Crippen LogP contribution is -2.37. The van der Waals surface area contributed by atoms with Crippen LogP contribution in [0.15, 0.2) is 12.1 Å². The van der Waals surface area contributed by atoms with E-state index in [-0.39, 0.29) is 12.1 Å². The molecule has 2 amide bonds. The van der Waals surface area contributed by atoms with Gasteiger partial charge in [0.05, 0.1) is 13.5 Å². The van der Waals surface area contributed by atoms with Gasteiger partial charge in [0, 0.05) is 23.9 Å². The molecule has 1 atom stereocenters. The molecule has 20 heavy (non-hydrogen) atoms. The van der Waals surface area contributed by atoms with Crippen molar-refractivity contribution >= 4 is 17.7 Å². The molecule has 0 saturated heterocycles. The number of carbonyl (C=O) groups is 2. The SMILES string of the molecule is COC(=O)CC(C)NC(=O)Nc1cc(F)c(F)c(F)c1. The molecular weight excluding hydrogens is 277 g/mol. The van der Waals surface area contributed by atoms with E-state index in [0.29, 0.717) is 12.1 Å². The average Bonchev–Trinajstić information content (AvgIpc) is 2.35. The molecule has 0 aliphatic rings. The molecule has 0 radical (unpaired) electrons. The van der Waals surface area contributed by atoms with Gasteiger partial charge in [-0.05, 0) is 6.92 Å². The molecule has 8 heteroatoms. The third-order valence-corrected chi connectivity index (χ3v) is 2.32. The molecule has 0 aromatic heterocycles. The van der Waals surface area contributed by atoms with Gasteiger partial charge in [-0.3, -0.25) is 4.79 Å². The highest BCUT2D eigenvalue weighted by molar-refractivity contribution is 5.89. The van der Waals surface area contributed by atoms with Crippen molar-refractivity contribution in [2.75, 3.05) is 12.4 Å². The molecule has 1 rings (SSSR count). The average molecular weight is 290 g/mol. The Morgan fingerprint density at radius 1 is 1.25 bits per heavy atom. The highest BCUT2D eigenvalue weighted by Gasteiger charge is 2.14. The van der Waals surface area contributed by atoms with Gasteiger partial charge in [-0.1, -0.05) is 0 Å². The van der Waals surface area contributed by atoms with E-state index in [0.717, 1.165) is 0 Å². The molecule has 0 spiro atoms. The van der Waals surface area contributed by atoms with Gasteiger partial charge >= 0.3 is 12.0 Å². The maximum Gasteiger partial charge on any atom is 0.319 e. The molecule has 1 unspecified atom stereocenters. The van der Waals surface area contributed by atoms with Crippen LogP contribution in [0.25, 0.3) is 0 Å². The van der Waals surface area contributed by atoms with Crippen LogP contribution in [-0.2, 0) is 9.53 Å². The summed E-state index contributed by atoms with van der Waals surface area (Å²) < 4.78 is 43.0. The van der Waals surface area contributed by atoms with Crippen LogP contribution < -0.4 is 10.6 Å². The summed E-state index contributed by atoms with van der Waals surface area (Å²) in [7, 11) is 1.21. The van der Waals surface area contributed by atoms with Crippen LogP contribution in [0.2, 0.25) is 0 Å². The quantitative estimate of drug-likeness (QED) is 0.659. The summed E-state index contributed by atoms with van der Waals surface area (Å²) in [5.74, 6) is -4.96.